The van der Waals surface area contributed by atoms with Gasteiger partial charge in [-0.3, -0.25) is 24.7 Å². The number of hydrazone groups is 1. The predicted octanol–water partition coefficient (Wildman–Crippen LogP) is 3.30. The standard InChI is InChI=1S/C23H19N5O4/c1-16(20-9-5-6-14-24-20)26-27-23(30)21(25-22(29)18-7-3-2-4-8-18)15-17-10-12-19(13-11-17)28(31)32/h2-15H,1H3,(H,25,29)(H,27,30)/b21-15+,26-16+. The average molecular weight is 429 g/mol. The molecule has 2 N–H and O–H groups in total. The van der Waals surface area contributed by atoms with Crippen LogP contribution in [0.15, 0.2) is 89.8 Å². The number of amides is 2. The van der Waals surface area contributed by atoms with Crippen LogP contribution in [-0.2, 0) is 4.79 Å². The number of benzene rings is 2. The fourth-order valence-corrected chi connectivity index (χ4v) is 2.63. The van der Waals surface area contributed by atoms with Gasteiger partial charge in [0.05, 0.1) is 16.3 Å². The number of carbonyl (C=O) groups excluding carboxylic acids is 2. The van der Waals surface area contributed by atoms with Crippen LogP contribution in [0.25, 0.3) is 6.08 Å². The number of nitro benzene ring substituents is 1. The van der Waals surface area contributed by atoms with Gasteiger partial charge < -0.3 is 5.32 Å². The fraction of sp³-hybridized carbons (Fsp3) is 0.0435. The molecule has 0 fully saturated rings. The minimum absolute atomic E-state index is 0.0784. The molecule has 160 valence electrons. The van der Waals surface area contributed by atoms with Gasteiger partial charge in [-0.15, -0.1) is 0 Å². The van der Waals surface area contributed by atoms with E-state index in [0.717, 1.165) is 0 Å². The number of nitro groups is 1. The molecule has 9 heteroatoms. The number of hydrogen-bond acceptors (Lipinski definition) is 6. The first-order valence-corrected chi connectivity index (χ1v) is 9.52. The average Bonchev–Trinajstić information content (AvgIpc) is 2.83. The predicted molar refractivity (Wildman–Crippen MR) is 120 cm³/mol. The van der Waals surface area contributed by atoms with Crippen molar-refractivity contribution in [2.75, 3.05) is 0 Å². The summed E-state index contributed by atoms with van der Waals surface area (Å²) >= 11 is 0. The van der Waals surface area contributed by atoms with Crippen LogP contribution >= 0.6 is 0 Å². The molecule has 0 saturated carbocycles. The molecule has 0 aliphatic heterocycles. The normalized spacial score (nSPS) is 11.5. The molecule has 3 rings (SSSR count). The van der Waals surface area contributed by atoms with E-state index >= 15 is 0 Å². The van der Waals surface area contributed by atoms with Gasteiger partial charge in [0.25, 0.3) is 17.5 Å². The summed E-state index contributed by atoms with van der Waals surface area (Å²) in [7, 11) is 0. The van der Waals surface area contributed by atoms with Gasteiger partial charge in [-0.1, -0.05) is 24.3 Å². The fourth-order valence-electron chi connectivity index (χ4n) is 2.63. The van der Waals surface area contributed by atoms with Gasteiger partial charge in [-0.25, -0.2) is 5.43 Å². The van der Waals surface area contributed by atoms with Gasteiger partial charge in [0.15, 0.2) is 0 Å². The molecule has 0 unspecified atom stereocenters. The third kappa shape index (κ3) is 5.92. The van der Waals surface area contributed by atoms with E-state index in [-0.39, 0.29) is 11.4 Å². The van der Waals surface area contributed by atoms with Crippen LogP contribution in [0.5, 0.6) is 0 Å². The Kier molecular flexibility index (Phi) is 7.16. The van der Waals surface area contributed by atoms with Gasteiger partial charge in [0, 0.05) is 23.9 Å². The van der Waals surface area contributed by atoms with Crippen LogP contribution < -0.4 is 10.7 Å². The minimum atomic E-state index is -0.664. The van der Waals surface area contributed by atoms with Gasteiger partial charge in [0.2, 0.25) is 0 Å². The van der Waals surface area contributed by atoms with Crippen LogP contribution in [0.3, 0.4) is 0 Å². The van der Waals surface area contributed by atoms with E-state index in [4.69, 9.17) is 0 Å². The molecule has 1 aromatic heterocycles. The molecule has 0 radical (unpaired) electrons. The Morgan fingerprint density at radius 2 is 1.69 bits per heavy atom. The van der Waals surface area contributed by atoms with Crippen molar-refractivity contribution in [2.45, 2.75) is 6.92 Å². The van der Waals surface area contributed by atoms with Crippen LogP contribution in [0.1, 0.15) is 28.5 Å². The molecule has 32 heavy (non-hydrogen) atoms. The molecule has 2 aromatic carbocycles. The summed E-state index contributed by atoms with van der Waals surface area (Å²) in [6, 6.07) is 19.3. The zero-order chi connectivity index (χ0) is 22.9. The molecular weight excluding hydrogens is 410 g/mol. The summed E-state index contributed by atoms with van der Waals surface area (Å²) in [5.74, 6) is -1.15. The van der Waals surface area contributed by atoms with Gasteiger partial charge in [-0.2, -0.15) is 5.10 Å². The minimum Gasteiger partial charge on any atom is -0.317 e. The lowest BCUT2D eigenvalue weighted by Crippen LogP contribution is -2.33. The Morgan fingerprint density at radius 1 is 1.00 bits per heavy atom. The second-order valence-corrected chi connectivity index (χ2v) is 6.58. The number of rotatable bonds is 7. The maximum absolute atomic E-state index is 12.8. The summed E-state index contributed by atoms with van der Waals surface area (Å²) in [5, 5.41) is 17.5. The number of aromatic nitrogens is 1. The number of nitrogens with one attached hydrogen (secondary N) is 2. The lowest BCUT2D eigenvalue weighted by Gasteiger charge is -2.10. The third-order valence-corrected chi connectivity index (χ3v) is 4.30. The third-order valence-electron chi connectivity index (χ3n) is 4.30. The Hall–Kier alpha value is -4.66. The first-order chi connectivity index (χ1) is 15.4. The van der Waals surface area contributed by atoms with Crippen molar-refractivity contribution in [3.8, 4) is 0 Å². The van der Waals surface area contributed by atoms with Crippen molar-refractivity contribution < 1.29 is 14.5 Å². The van der Waals surface area contributed by atoms with Crippen molar-refractivity contribution >= 4 is 29.3 Å². The number of pyridine rings is 1. The Bertz CT molecular complexity index is 1170. The largest absolute Gasteiger partial charge is 0.317 e. The van der Waals surface area contributed by atoms with Gasteiger partial charge >= 0.3 is 0 Å². The van der Waals surface area contributed by atoms with Crippen LogP contribution in [0.4, 0.5) is 5.69 Å². The van der Waals surface area contributed by atoms with E-state index in [2.05, 4.69) is 20.8 Å². The number of hydrogen-bond donors (Lipinski definition) is 2. The van der Waals surface area contributed by atoms with E-state index < -0.39 is 16.7 Å². The van der Waals surface area contributed by atoms with Crippen molar-refractivity contribution in [1.29, 1.82) is 0 Å². The number of carbonyl (C=O) groups is 2. The van der Waals surface area contributed by atoms with E-state index in [0.29, 0.717) is 22.5 Å². The summed E-state index contributed by atoms with van der Waals surface area (Å²) in [6.45, 7) is 1.69. The number of nitrogens with zero attached hydrogens (tertiary/aromatic N) is 3. The molecule has 0 atom stereocenters. The quantitative estimate of drug-likeness (QED) is 0.258. The molecule has 2 amide bonds. The lowest BCUT2D eigenvalue weighted by molar-refractivity contribution is -0.384. The monoisotopic (exact) mass is 429 g/mol. The van der Waals surface area contributed by atoms with Crippen LogP contribution in [0.2, 0.25) is 0 Å². The zero-order valence-electron chi connectivity index (χ0n) is 17.1. The van der Waals surface area contributed by atoms with E-state index in [1.807, 2.05) is 0 Å². The molecule has 0 bridgehead atoms. The van der Waals surface area contributed by atoms with Crippen molar-refractivity contribution in [3.63, 3.8) is 0 Å². The highest BCUT2D eigenvalue weighted by atomic mass is 16.6. The van der Waals surface area contributed by atoms with Crippen LogP contribution in [0, 0.1) is 10.1 Å². The molecular formula is C23H19N5O4. The highest BCUT2D eigenvalue weighted by Crippen LogP contribution is 2.14. The van der Waals surface area contributed by atoms with Crippen LogP contribution in [-0.4, -0.2) is 27.4 Å². The molecule has 0 aliphatic carbocycles. The summed E-state index contributed by atoms with van der Waals surface area (Å²) in [6.07, 6.45) is 3.02. The maximum Gasteiger partial charge on any atom is 0.287 e. The Morgan fingerprint density at radius 3 is 2.31 bits per heavy atom. The molecule has 3 aromatic rings. The Balaban J connectivity index is 1.86. The molecule has 9 nitrogen and oxygen atoms in total. The van der Waals surface area contributed by atoms with Gasteiger partial charge in [0.1, 0.15) is 5.70 Å². The summed E-state index contributed by atoms with van der Waals surface area (Å²) in [4.78, 5) is 39.9. The van der Waals surface area contributed by atoms with Gasteiger partial charge in [-0.05, 0) is 55.0 Å². The number of non-ortho nitro benzene ring substituents is 1. The molecule has 0 spiro atoms. The second kappa shape index (κ2) is 10.4. The Labute approximate surface area is 183 Å². The smallest absolute Gasteiger partial charge is 0.287 e. The lowest BCUT2D eigenvalue weighted by atomic mass is 10.1. The van der Waals surface area contributed by atoms with Crippen molar-refractivity contribution in [3.05, 3.63) is 112 Å². The van der Waals surface area contributed by atoms with E-state index in [1.54, 1.807) is 61.7 Å². The summed E-state index contributed by atoms with van der Waals surface area (Å²) < 4.78 is 0. The molecule has 1 heterocycles. The zero-order valence-corrected chi connectivity index (χ0v) is 17.1. The molecule has 0 aliphatic rings. The highest BCUT2D eigenvalue weighted by molar-refractivity contribution is 6.06. The van der Waals surface area contributed by atoms with E-state index in [1.165, 1.54) is 30.3 Å². The summed E-state index contributed by atoms with van der Waals surface area (Å²) in [5.41, 5.74) is 4.15. The van der Waals surface area contributed by atoms with Crippen molar-refractivity contribution in [2.24, 2.45) is 5.10 Å². The first kappa shape index (κ1) is 22.0. The highest BCUT2D eigenvalue weighted by Gasteiger charge is 2.15. The van der Waals surface area contributed by atoms with E-state index in [9.17, 15) is 19.7 Å². The van der Waals surface area contributed by atoms with Crippen molar-refractivity contribution in [1.82, 2.24) is 15.7 Å². The topological polar surface area (TPSA) is 127 Å². The molecule has 0 saturated heterocycles. The SMILES string of the molecule is C/C(=N\NC(=O)/C(=C\c1ccc([N+](=O)[O-])cc1)NC(=O)c1ccccc1)c1ccccn1. The maximum atomic E-state index is 12.8. The first-order valence-electron chi connectivity index (χ1n) is 9.52. The second-order valence-electron chi connectivity index (χ2n) is 6.58.